The van der Waals surface area contributed by atoms with Crippen molar-refractivity contribution in [3.05, 3.63) is 35.9 Å². The van der Waals surface area contributed by atoms with Crippen LogP contribution in [-0.4, -0.2) is 20.8 Å². The lowest BCUT2D eigenvalue weighted by Crippen LogP contribution is -2.05. The Morgan fingerprint density at radius 3 is 2.75 bits per heavy atom. The van der Waals surface area contributed by atoms with Crippen LogP contribution in [0.2, 0.25) is 0 Å². The minimum atomic E-state index is 0.568. The third-order valence-electron chi connectivity index (χ3n) is 2.18. The largest absolute Gasteiger partial charge is 0.493 e. The van der Waals surface area contributed by atoms with Crippen LogP contribution in [0, 0.1) is 0 Å². The van der Waals surface area contributed by atoms with E-state index in [2.05, 4.69) is 5.32 Å². The maximum absolute atomic E-state index is 5.57. The number of nitrogens with one attached hydrogen (secondary N) is 1. The summed E-state index contributed by atoms with van der Waals surface area (Å²) < 4.78 is 10.9. The zero-order valence-electron chi connectivity index (χ0n) is 10.1. The Hall–Kier alpha value is -1.48. The van der Waals surface area contributed by atoms with Gasteiger partial charge in [0.25, 0.3) is 0 Å². The second kappa shape index (κ2) is 6.90. The van der Waals surface area contributed by atoms with Crippen LogP contribution in [0.4, 0.5) is 0 Å². The normalized spacial score (nSPS) is 10.7. The Labute approximate surface area is 97.1 Å². The fourth-order valence-electron chi connectivity index (χ4n) is 1.38. The highest BCUT2D eigenvalue weighted by Gasteiger charge is 2.04. The van der Waals surface area contributed by atoms with Gasteiger partial charge in [-0.1, -0.05) is 18.2 Å². The third kappa shape index (κ3) is 3.59. The van der Waals surface area contributed by atoms with Crippen molar-refractivity contribution in [1.29, 1.82) is 0 Å². The van der Waals surface area contributed by atoms with E-state index in [9.17, 15) is 0 Å². The average molecular weight is 221 g/mol. The first kappa shape index (κ1) is 12.6. The number of rotatable bonds is 6. The Kier molecular flexibility index (Phi) is 5.43. The molecule has 88 valence electrons. The molecule has 3 heteroatoms. The van der Waals surface area contributed by atoms with Gasteiger partial charge in [0.15, 0.2) is 11.5 Å². The molecule has 0 saturated carbocycles. The maximum Gasteiger partial charge on any atom is 0.161 e. The predicted octanol–water partition coefficient (Wildman–Crippen LogP) is 2.37. The first-order chi connectivity index (χ1) is 7.81. The lowest BCUT2D eigenvalue weighted by Gasteiger charge is -2.10. The third-order valence-corrected chi connectivity index (χ3v) is 2.18. The van der Waals surface area contributed by atoms with Gasteiger partial charge in [0.05, 0.1) is 7.11 Å². The highest BCUT2D eigenvalue weighted by Crippen LogP contribution is 2.27. The zero-order valence-corrected chi connectivity index (χ0v) is 10.1. The molecule has 0 amide bonds. The van der Waals surface area contributed by atoms with E-state index < -0.39 is 0 Å². The molecule has 0 aliphatic heterocycles. The molecule has 0 saturated heterocycles. The van der Waals surface area contributed by atoms with Gasteiger partial charge < -0.3 is 14.8 Å². The van der Waals surface area contributed by atoms with Gasteiger partial charge >= 0.3 is 0 Å². The first-order valence-corrected chi connectivity index (χ1v) is 5.37. The monoisotopic (exact) mass is 221 g/mol. The second-order valence-corrected chi connectivity index (χ2v) is 3.40. The number of hydrogen-bond donors (Lipinski definition) is 1. The summed E-state index contributed by atoms with van der Waals surface area (Å²) in [5, 5.41) is 3.10. The molecule has 0 aliphatic carbocycles. The molecule has 1 aromatic carbocycles. The minimum Gasteiger partial charge on any atom is -0.493 e. The van der Waals surface area contributed by atoms with Crippen molar-refractivity contribution < 1.29 is 9.47 Å². The molecule has 0 heterocycles. The summed E-state index contributed by atoms with van der Waals surface area (Å²) in [4.78, 5) is 0. The van der Waals surface area contributed by atoms with Crippen LogP contribution in [0.15, 0.2) is 30.4 Å². The molecule has 0 bridgehead atoms. The molecule has 0 aromatic heterocycles. The molecular weight excluding hydrogens is 202 g/mol. The van der Waals surface area contributed by atoms with Gasteiger partial charge in [-0.25, -0.2) is 0 Å². The fourth-order valence-corrected chi connectivity index (χ4v) is 1.38. The zero-order chi connectivity index (χ0) is 11.8. The summed E-state index contributed by atoms with van der Waals surface area (Å²) >= 11 is 0. The van der Waals surface area contributed by atoms with Crippen LogP contribution in [0.1, 0.15) is 12.5 Å². The highest BCUT2D eigenvalue weighted by atomic mass is 16.5. The van der Waals surface area contributed by atoms with Crippen molar-refractivity contribution in [3.8, 4) is 11.5 Å². The molecule has 1 rings (SSSR count). The van der Waals surface area contributed by atoms with E-state index in [1.165, 1.54) is 5.56 Å². The standard InChI is InChI=1S/C13H19NO2/c1-4-5-8-16-12-7-6-11(10-14-2)9-13(12)15-3/h4-7,9,14H,8,10H2,1-3H3/b5-4+. The molecule has 0 spiro atoms. The van der Waals surface area contributed by atoms with Crippen molar-refractivity contribution in [3.63, 3.8) is 0 Å². The van der Waals surface area contributed by atoms with Gasteiger partial charge in [0.1, 0.15) is 6.61 Å². The fraction of sp³-hybridized carbons (Fsp3) is 0.385. The van der Waals surface area contributed by atoms with E-state index in [1.54, 1.807) is 7.11 Å². The lowest BCUT2D eigenvalue weighted by molar-refractivity contribution is 0.326. The maximum atomic E-state index is 5.57. The predicted molar refractivity (Wildman–Crippen MR) is 66.1 cm³/mol. The van der Waals surface area contributed by atoms with E-state index in [-0.39, 0.29) is 0 Å². The lowest BCUT2D eigenvalue weighted by atomic mass is 10.2. The Bertz CT molecular complexity index is 348. The van der Waals surface area contributed by atoms with Crippen LogP contribution in [0.3, 0.4) is 0 Å². The van der Waals surface area contributed by atoms with E-state index in [0.717, 1.165) is 18.0 Å². The highest BCUT2D eigenvalue weighted by molar-refractivity contribution is 5.43. The molecule has 0 radical (unpaired) electrons. The second-order valence-electron chi connectivity index (χ2n) is 3.40. The molecule has 0 fully saturated rings. The van der Waals surface area contributed by atoms with E-state index in [4.69, 9.17) is 9.47 Å². The van der Waals surface area contributed by atoms with Gasteiger partial charge in [-0.3, -0.25) is 0 Å². The van der Waals surface area contributed by atoms with Crippen LogP contribution >= 0.6 is 0 Å². The van der Waals surface area contributed by atoms with Crippen molar-refractivity contribution in [2.45, 2.75) is 13.5 Å². The van der Waals surface area contributed by atoms with E-state index >= 15 is 0 Å². The quantitative estimate of drug-likeness (QED) is 0.748. The Morgan fingerprint density at radius 1 is 1.31 bits per heavy atom. The number of allylic oxidation sites excluding steroid dienone is 1. The smallest absolute Gasteiger partial charge is 0.161 e. The van der Waals surface area contributed by atoms with Gasteiger partial charge in [0, 0.05) is 6.54 Å². The molecule has 0 atom stereocenters. The van der Waals surface area contributed by atoms with Crippen molar-refractivity contribution in [2.24, 2.45) is 0 Å². The molecule has 1 aromatic rings. The Morgan fingerprint density at radius 2 is 2.12 bits per heavy atom. The summed E-state index contributed by atoms with van der Waals surface area (Å²) in [6.45, 7) is 3.36. The van der Waals surface area contributed by atoms with E-state index in [0.29, 0.717) is 6.61 Å². The van der Waals surface area contributed by atoms with Gasteiger partial charge in [-0.2, -0.15) is 0 Å². The molecular formula is C13H19NO2. The van der Waals surface area contributed by atoms with Crippen LogP contribution in [0.5, 0.6) is 11.5 Å². The summed E-state index contributed by atoms with van der Waals surface area (Å²) in [5.41, 5.74) is 1.18. The average Bonchev–Trinajstić information content (AvgIpc) is 2.31. The topological polar surface area (TPSA) is 30.5 Å². The van der Waals surface area contributed by atoms with Gasteiger partial charge in [-0.15, -0.1) is 0 Å². The molecule has 1 N–H and O–H groups in total. The SMILES string of the molecule is C/C=C/COc1ccc(CNC)cc1OC. The summed E-state index contributed by atoms with van der Waals surface area (Å²) in [5.74, 6) is 1.55. The number of ether oxygens (including phenoxy) is 2. The van der Waals surface area contributed by atoms with Gasteiger partial charge in [0.2, 0.25) is 0 Å². The minimum absolute atomic E-state index is 0.568. The van der Waals surface area contributed by atoms with Crippen molar-refractivity contribution >= 4 is 0 Å². The van der Waals surface area contributed by atoms with Crippen LogP contribution < -0.4 is 14.8 Å². The van der Waals surface area contributed by atoms with E-state index in [1.807, 2.05) is 44.3 Å². The van der Waals surface area contributed by atoms with Crippen LogP contribution in [-0.2, 0) is 6.54 Å². The number of methoxy groups -OCH3 is 1. The summed E-state index contributed by atoms with van der Waals surface area (Å²) in [6.07, 6.45) is 3.92. The van der Waals surface area contributed by atoms with Crippen LogP contribution in [0.25, 0.3) is 0 Å². The van der Waals surface area contributed by atoms with Gasteiger partial charge in [-0.05, 0) is 31.7 Å². The molecule has 0 unspecified atom stereocenters. The van der Waals surface area contributed by atoms with Crippen molar-refractivity contribution in [1.82, 2.24) is 5.32 Å². The van der Waals surface area contributed by atoms with Crippen molar-refractivity contribution in [2.75, 3.05) is 20.8 Å². The first-order valence-electron chi connectivity index (χ1n) is 5.37. The molecule has 16 heavy (non-hydrogen) atoms. The number of hydrogen-bond acceptors (Lipinski definition) is 3. The summed E-state index contributed by atoms with van der Waals surface area (Å²) in [7, 11) is 3.57. The Balaban J connectivity index is 2.75. The molecule has 0 aliphatic rings. The molecule has 3 nitrogen and oxygen atoms in total. The summed E-state index contributed by atoms with van der Waals surface area (Å²) in [6, 6.07) is 5.96. The number of benzene rings is 1.